The molecule has 0 aromatic heterocycles. The molecular weight excluding hydrogens is 462 g/mol. The maximum Gasteiger partial charge on any atom is 0.344 e. The number of carbonyl (C=O) groups excluding carboxylic acids is 1. The van der Waals surface area contributed by atoms with Crippen molar-refractivity contribution in [2.75, 3.05) is 10.9 Å². The van der Waals surface area contributed by atoms with E-state index in [1.807, 2.05) is 93.6 Å². The van der Waals surface area contributed by atoms with Crippen LogP contribution in [0, 0.1) is 0 Å². The predicted octanol–water partition coefficient (Wildman–Crippen LogP) is 5.75. The fourth-order valence-corrected chi connectivity index (χ4v) is 5.20. The van der Waals surface area contributed by atoms with Gasteiger partial charge in [0.05, 0.1) is 6.04 Å². The Bertz CT molecular complexity index is 1190. The van der Waals surface area contributed by atoms with Gasteiger partial charge in [-0.3, -0.25) is 8.51 Å². The van der Waals surface area contributed by atoms with Crippen LogP contribution in [-0.2, 0) is 27.2 Å². The number of hydrogen-bond donors (Lipinski definition) is 0. The number of fused-ring (bicyclic) bond motifs is 1. The minimum atomic E-state index is -2.47. The lowest BCUT2D eigenvalue weighted by atomic mass is 9.87. The van der Waals surface area contributed by atoms with Crippen LogP contribution in [0.1, 0.15) is 50.8 Å². The van der Waals surface area contributed by atoms with E-state index in [0.29, 0.717) is 17.9 Å². The van der Waals surface area contributed by atoms with Crippen molar-refractivity contribution in [3.05, 3.63) is 83.9 Å². The molecule has 2 atom stereocenters. The Labute approximate surface area is 209 Å². The van der Waals surface area contributed by atoms with Crippen LogP contribution in [0.5, 0.6) is 5.75 Å². The minimum absolute atomic E-state index is 0.198. The average molecular weight is 493 g/mol. The standard InChI is InChI=1S/C28H31NO5S/c1-28(2,3)34-27(30)19-33-26-14-8-11-23-24(26)12-7-13-25(23)29(35(31)32)22-17-15-21(16-18-22)20-9-5-4-6-10-20/h4-6,8-11,14-18,25H,7,12-13,19H2,1-3H3,(H,31,32)/p-1. The lowest BCUT2D eigenvalue weighted by Crippen LogP contribution is -2.33. The van der Waals surface area contributed by atoms with Gasteiger partial charge in [0.15, 0.2) is 6.61 Å². The van der Waals surface area contributed by atoms with Gasteiger partial charge in [-0.25, -0.2) is 4.79 Å². The zero-order valence-electron chi connectivity index (χ0n) is 20.2. The van der Waals surface area contributed by atoms with E-state index in [9.17, 15) is 13.6 Å². The number of hydrogen-bond acceptors (Lipinski definition) is 5. The number of carbonyl (C=O) groups is 1. The van der Waals surface area contributed by atoms with Crippen LogP contribution in [0.25, 0.3) is 11.1 Å². The average Bonchev–Trinajstić information content (AvgIpc) is 2.83. The molecule has 2 unspecified atom stereocenters. The first-order chi connectivity index (χ1) is 16.7. The summed E-state index contributed by atoms with van der Waals surface area (Å²) in [4.78, 5) is 12.1. The van der Waals surface area contributed by atoms with Crippen molar-refractivity contribution in [2.45, 2.75) is 51.7 Å². The molecule has 0 heterocycles. The van der Waals surface area contributed by atoms with E-state index in [1.54, 1.807) is 0 Å². The number of benzene rings is 3. The first-order valence-corrected chi connectivity index (χ1v) is 12.8. The molecule has 1 aliphatic rings. The van der Waals surface area contributed by atoms with Crippen LogP contribution in [0.15, 0.2) is 72.8 Å². The van der Waals surface area contributed by atoms with E-state index in [4.69, 9.17) is 9.47 Å². The van der Waals surface area contributed by atoms with Gasteiger partial charge in [0.25, 0.3) is 0 Å². The summed E-state index contributed by atoms with van der Waals surface area (Å²) in [6.45, 7) is 5.23. The minimum Gasteiger partial charge on any atom is -0.755 e. The molecule has 7 heteroatoms. The van der Waals surface area contributed by atoms with Crippen LogP contribution in [0.4, 0.5) is 5.69 Å². The molecule has 0 saturated heterocycles. The summed E-state index contributed by atoms with van der Waals surface area (Å²) in [6.07, 6.45) is 2.25. The SMILES string of the molecule is CC(C)(C)OC(=O)COc1cccc2c1CCCC2N(c1ccc(-c2ccccc2)cc1)S(=O)[O-]. The fraction of sp³-hybridized carbons (Fsp3) is 0.321. The molecule has 3 aromatic rings. The van der Waals surface area contributed by atoms with Crippen LogP contribution in [0.2, 0.25) is 0 Å². The van der Waals surface area contributed by atoms with Crippen LogP contribution < -0.4 is 9.04 Å². The zero-order valence-corrected chi connectivity index (χ0v) is 21.0. The van der Waals surface area contributed by atoms with Gasteiger partial charge in [-0.2, -0.15) is 0 Å². The number of ether oxygens (including phenoxy) is 2. The number of rotatable bonds is 7. The summed E-state index contributed by atoms with van der Waals surface area (Å²) < 4.78 is 37.5. The maximum absolute atomic E-state index is 12.4. The molecule has 4 rings (SSSR count). The summed E-state index contributed by atoms with van der Waals surface area (Å²) >= 11 is -2.47. The molecule has 0 radical (unpaired) electrons. The van der Waals surface area contributed by atoms with Gasteiger partial charge in [0.2, 0.25) is 0 Å². The quantitative estimate of drug-likeness (QED) is 0.310. The van der Waals surface area contributed by atoms with Gasteiger partial charge >= 0.3 is 5.97 Å². The van der Waals surface area contributed by atoms with Gasteiger partial charge < -0.3 is 14.0 Å². The van der Waals surface area contributed by atoms with Gasteiger partial charge in [-0.1, -0.05) is 54.6 Å². The topological polar surface area (TPSA) is 78.9 Å². The van der Waals surface area contributed by atoms with Crippen LogP contribution >= 0.6 is 0 Å². The summed E-state index contributed by atoms with van der Waals surface area (Å²) in [5.74, 6) is 0.150. The molecule has 0 N–H and O–H groups in total. The van der Waals surface area contributed by atoms with Gasteiger partial charge in [0.1, 0.15) is 11.4 Å². The second-order valence-electron chi connectivity index (χ2n) is 9.56. The lowest BCUT2D eigenvalue weighted by molar-refractivity contribution is -0.157. The molecule has 3 aromatic carbocycles. The molecule has 0 bridgehead atoms. The summed E-state index contributed by atoms with van der Waals surface area (Å²) in [5, 5.41) is 0. The van der Waals surface area contributed by atoms with Crippen molar-refractivity contribution >= 4 is 22.9 Å². The fourth-order valence-electron chi connectivity index (χ4n) is 4.48. The second kappa shape index (κ2) is 10.6. The van der Waals surface area contributed by atoms with Crippen molar-refractivity contribution in [1.29, 1.82) is 0 Å². The molecule has 0 amide bonds. The largest absolute Gasteiger partial charge is 0.755 e. The normalized spacial score (nSPS) is 16.2. The Kier molecular flexibility index (Phi) is 7.57. The van der Waals surface area contributed by atoms with E-state index < -0.39 is 22.8 Å². The highest BCUT2D eigenvalue weighted by molar-refractivity contribution is 7.80. The summed E-state index contributed by atoms with van der Waals surface area (Å²) in [7, 11) is 0. The van der Waals surface area contributed by atoms with Crippen LogP contribution in [-0.4, -0.2) is 26.9 Å². The van der Waals surface area contributed by atoms with E-state index in [-0.39, 0.29) is 12.6 Å². The monoisotopic (exact) mass is 492 g/mol. The lowest BCUT2D eigenvalue weighted by Gasteiger charge is -2.38. The molecule has 0 aliphatic heterocycles. The van der Waals surface area contributed by atoms with Crippen molar-refractivity contribution < 1.29 is 23.0 Å². The molecule has 1 aliphatic carbocycles. The molecule has 184 valence electrons. The van der Waals surface area contributed by atoms with Crippen molar-refractivity contribution in [3.8, 4) is 16.9 Å². The van der Waals surface area contributed by atoms with Gasteiger partial charge in [-0.15, -0.1) is 0 Å². The Morgan fingerprint density at radius 1 is 1.00 bits per heavy atom. The second-order valence-corrected chi connectivity index (χ2v) is 10.4. The van der Waals surface area contributed by atoms with E-state index in [1.165, 1.54) is 4.31 Å². The van der Waals surface area contributed by atoms with E-state index in [2.05, 4.69) is 0 Å². The highest BCUT2D eigenvalue weighted by atomic mass is 32.2. The summed E-state index contributed by atoms with van der Waals surface area (Å²) in [6, 6.07) is 22.8. The zero-order chi connectivity index (χ0) is 25.0. The highest BCUT2D eigenvalue weighted by Gasteiger charge is 2.29. The van der Waals surface area contributed by atoms with Crippen molar-refractivity contribution in [1.82, 2.24) is 0 Å². The van der Waals surface area contributed by atoms with Crippen molar-refractivity contribution in [3.63, 3.8) is 0 Å². The maximum atomic E-state index is 12.4. The molecule has 0 fully saturated rings. The third-order valence-corrected chi connectivity index (χ3v) is 6.66. The van der Waals surface area contributed by atoms with Gasteiger partial charge in [0, 0.05) is 17.0 Å². The van der Waals surface area contributed by atoms with Crippen LogP contribution in [0.3, 0.4) is 0 Å². The number of anilines is 1. The third kappa shape index (κ3) is 6.10. The van der Waals surface area contributed by atoms with E-state index in [0.717, 1.165) is 35.1 Å². The molecule has 0 spiro atoms. The molecule has 0 saturated carbocycles. The first kappa shape index (κ1) is 24.9. The Morgan fingerprint density at radius 3 is 2.34 bits per heavy atom. The first-order valence-electron chi connectivity index (χ1n) is 11.7. The molecular formula is C28H30NO5S-. The third-order valence-electron chi connectivity index (χ3n) is 5.87. The smallest absolute Gasteiger partial charge is 0.344 e. The number of esters is 1. The highest BCUT2D eigenvalue weighted by Crippen LogP contribution is 2.41. The molecule has 6 nitrogen and oxygen atoms in total. The Morgan fingerprint density at radius 2 is 1.69 bits per heavy atom. The molecule has 35 heavy (non-hydrogen) atoms. The number of nitrogens with zero attached hydrogens (tertiary/aromatic N) is 1. The van der Waals surface area contributed by atoms with Gasteiger partial charge in [-0.05, 0) is 80.5 Å². The Balaban J connectivity index is 1.59. The van der Waals surface area contributed by atoms with Crippen molar-refractivity contribution in [2.24, 2.45) is 0 Å². The Hall–Kier alpha value is -3.16. The predicted molar refractivity (Wildman–Crippen MR) is 137 cm³/mol. The van der Waals surface area contributed by atoms with E-state index >= 15 is 0 Å². The summed E-state index contributed by atoms with van der Waals surface area (Å²) in [5.41, 5.74) is 3.95.